The Morgan fingerprint density at radius 2 is 2.42 bits per heavy atom. The summed E-state index contributed by atoms with van der Waals surface area (Å²) in [4.78, 5) is 16.2. The molecule has 1 saturated heterocycles. The van der Waals surface area contributed by atoms with Crippen LogP contribution in [0.5, 0.6) is 0 Å². The van der Waals surface area contributed by atoms with E-state index in [1.807, 2.05) is 6.92 Å². The van der Waals surface area contributed by atoms with Crippen LogP contribution in [0.15, 0.2) is 0 Å². The molecule has 0 aromatic heterocycles. The molecule has 0 saturated carbocycles. The lowest BCUT2D eigenvalue weighted by Crippen LogP contribution is -2.44. The number of hydrogen-bond donors (Lipinski definition) is 0. The number of amides is 1. The second-order valence-corrected chi connectivity index (χ2v) is 2.70. The fourth-order valence-corrected chi connectivity index (χ4v) is 1.38. The zero-order chi connectivity index (χ0) is 8.97. The van der Waals surface area contributed by atoms with Gasteiger partial charge in [-0.1, -0.05) is 0 Å². The van der Waals surface area contributed by atoms with Crippen LogP contribution in [0.1, 0.15) is 26.2 Å². The molecule has 0 radical (unpaired) electrons. The number of carbonyl (C=O) groups excluding carboxylic acids is 1. The Labute approximate surface area is 72.4 Å². The van der Waals surface area contributed by atoms with Crippen molar-refractivity contribution in [2.24, 2.45) is 0 Å². The first-order chi connectivity index (χ1) is 5.79. The highest BCUT2D eigenvalue weighted by atomic mass is 16.7. The van der Waals surface area contributed by atoms with Crippen molar-refractivity contribution in [3.8, 4) is 0 Å². The van der Waals surface area contributed by atoms with Crippen LogP contribution in [0.25, 0.3) is 0 Å². The molecule has 1 aliphatic rings. The smallest absolute Gasteiger partial charge is 0.248 e. The highest BCUT2D eigenvalue weighted by molar-refractivity contribution is 5.75. The maximum atomic E-state index is 11.2. The molecule has 1 unspecified atom stereocenters. The minimum atomic E-state index is -0.179. The van der Waals surface area contributed by atoms with Crippen LogP contribution in [-0.2, 0) is 14.4 Å². The molecule has 70 valence electrons. The fraction of sp³-hybridized carbons (Fsp3) is 0.875. The lowest BCUT2D eigenvalue weighted by molar-refractivity contribution is -0.240. The van der Waals surface area contributed by atoms with E-state index in [4.69, 9.17) is 9.57 Å². The van der Waals surface area contributed by atoms with Gasteiger partial charge < -0.3 is 4.74 Å². The van der Waals surface area contributed by atoms with E-state index in [2.05, 4.69) is 0 Å². The van der Waals surface area contributed by atoms with Gasteiger partial charge in [0.25, 0.3) is 0 Å². The van der Waals surface area contributed by atoms with Gasteiger partial charge >= 0.3 is 0 Å². The van der Waals surface area contributed by atoms with Crippen molar-refractivity contribution in [1.82, 2.24) is 5.06 Å². The molecule has 1 fully saturated rings. The molecule has 0 bridgehead atoms. The molecule has 1 aliphatic heterocycles. The van der Waals surface area contributed by atoms with E-state index in [-0.39, 0.29) is 12.1 Å². The maximum absolute atomic E-state index is 11.2. The molecule has 1 atom stereocenters. The number of nitrogens with zero attached hydrogens (tertiary/aromatic N) is 1. The molecular formula is C8H15NO3. The third-order valence-electron chi connectivity index (χ3n) is 1.90. The normalized spacial score (nSPS) is 24.7. The molecule has 1 heterocycles. The molecule has 0 N–H and O–H groups in total. The van der Waals surface area contributed by atoms with Crippen LogP contribution in [0.4, 0.5) is 0 Å². The van der Waals surface area contributed by atoms with Crippen LogP contribution in [0.3, 0.4) is 0 Å². The highest BCUT2D eigenvalue weighted by Gasteiger charge is 2.28. The number of hydroxylamine groups is 2. The number of hydrogen-bond acceptors (Lipinski definition) is 3. The number of rotatable bonds is 3. The van der Waals surface area contributed by atoms with Crippen molar-refractivity contribution in [3.63, 3.8) is 0 Å². The molecule has 0 aliphatic carbocycles. The van der Waals surface area contributed by atoms with Crippen molar-refractivity contribution in [2.45, 2.75) is 32.4 Å². The van der Waals surface area contributed by atoms with Gasteiger partial charge in [-0.15, -0.1) is 0 Å². The summed E-state index contributed by atoms with van der Waals surface area (Å²) in [6, 6.07) is 0. The SMILES string of the molecule is CCOC1CCCC(=O)N1OC. The van der Waals surface area contributed by atoms with Crippen LogP contribution >= 0.6 is 0 Å². The number of ether oxygens (including phenoxy) is 1. The van der Waals surface area contributed by atoms with Gasteiger partial charge in [0.1, 0.15) is 0 Å². The molecule has 0 spiro atoms. The van der Waals surface area contributed by atoms with Gasteiger partial charge in [-0.05, 0) is 19.8 Å². The summed E-state index contributed by atoms with van der Waals surface area (Å²) in [5.74, 6) is 0.0159. The molecule has 4 nitrogen and oxygen atoms in total. The van der Waals surface area contributed by atoms with Gasteiger partial charge in [-0.3, -0.25) is 9.63 Å². The zero-order valence-electron chi connectivity index (χ0n) is 7.58. The van der Waals surface area contributed by atoms with Gasteiger partial charge in [0.15, 0.2) is 6.23 Å². The predicted molar refractivity (Wildman–Crippen MR) is 43.1 cm³/mol. The molecule has 0 aromatic carbocycles. The second-order valence-electron chi connectivity index (χ2n) is 2.70. The summed E-state index contributed by atoms with van der Waals surface area (Å²) in [6.45, 7) is 2.52. The van der Waals surface area contributed by atoms with Crippen molar-refractivity contribution in [2.75, 3.05) is 13.7 Å². The first kappa shape index (κ1) is 9.48. The van der Waals surface area contributed by atoms with Crippen LogP contribution < -0.4 is 0 Å². The zero-order valence-corrected chi connectivity index (χ0v) is 7.58. The van der Waals surface area contributed by atoms with Crippen molar-refractivity contribution >= 4 is 5.91 Å². The van der Waals surface area contributed by atoms with Crippen molar-refractivity contribution in [3.05, 3.63) is 0 Å². The first-order valence-electron chi connectivity index (χ1n) is 4.27. The Hall–Kier alpha value is -0.610. The maximum Gasteiger partial charge on any atom is 0.248 e. The molecule has 4 heteroatoms. The van der Waals surface area contributed by atoms with Gasteiger partial charge in [0.2, 0.25) is 5.91 Å². The van der Waals surface area contributed by atoms with Crippen LogP contribution in [-0.4, -0.2) is 30.9 Å². The van der Waals surface area contributed by atoms with Crippen molar-refractivity contribution < 1.29 is 14.4 Å². The van der Waals surface area contributed by atoms with Gasteiger partial charge in [0.05, 0.1) is 7.11 Å². The lowest BCUT2D eigenvalue weighted by atomic mass is 10.1. The van der Waals surface area contributed by atoms with E-state index in [0.717, 1.165) is 12.8 Å². The monoisotopic (exact) mass is 173 g/mol. The number of carbonyl (C=O) groups is 1. The summed E-state index contributed by atoms with van der Waals surface area (Å²) < 4.78 is 5.34. The second kappa shape index (κ2) is 4.42. The third-order valence-corrected chi connectivity index (χ3v) is 1.90. The molecule has 0 aromatic rings. The Kier molecular flexibility index (Phi) is 3.49. The molecular weight excluding hydrogens is 158 g/mol. The third kappa shape index (κ3) is 1.95. The Morgan fingerprint density at radius 1 is 1.67 bits per heavy atom. The Bertz CT molecular complexity index is 158. The minimum absolute atomic E-state index is 0.0159. The van der Waals surface area contributed by atoms with Gasteiger partial charge in [0, 0.05) is 13.0 Å². The largest absolute Gasteiger partial charge is 0.356 e. The average molecular weight is 173 g/mol. The standard InChI is InChI=1S/C8H15NO3/c1-3-12-8-6-4-5-7(10)9(8)11-2/h8H,3-6H2,1-2H3. The molecule has 12 heavy (non-hydrogen) atoms. The number of piperidine rings is 1. The van der Waals surface area contributed by atoms with E-state index in [1.165, 1.54) is 12.2 Å². The van der Waals surface area contributed by atoms with Crippen molar-refractivity contribution in [1.29, 1.82) is 0 Å². The average Bonchev–Trinajstić information content (AvgIpc) is 2.05. The summed E-state index contributed by atoms with van der Waals surface area (Å²) in [7, 11) is 1.50. The first-order valence-corrected chi connectivity index (χ1v) is 4.27. The van der Waals surface area contributed by atoms with Crippen LogP contribution in [0.2, 0.25) is 0 Å². The fourth-order valence-electron chi connectivity index (χ4n) is 1.38. The van der Waals surface area contributed by atoms with E-state index in [0.29, 0.717) is 13.0 Å². The summed E-state index contributed by atoms with van der Waals surface area (Å²) in [5, 5.41) is 1.33. The predicted octanol–water partition coefficient (Wildman–Crippen LogP) is 0.923. The van der Waals surface area contributed by atoms with Gasteiger partial charge in [-0.2, -0.15) is 5.06 Å². The summed E-state index contributed by atoms with van der Waals surface area (Å²) in [6.07, 6.45) is 2.15. The topological polar surface area (TPSA) is 38.8 Å². The van der Waals surface area contributed by atoms with E-state index >= 15 is 0 Å². The van der Waals surface area contributed by atoms with Gasteiger partial charge in [-0.25, -0.2) is 0 Å². The van der Waals surface area contributed by atoms with E-state index in [9.17, 15) is 4.79 Å². The summed E-state index contributed by atoms with van der Waals surface area (Å²) in [5.41, 5.74) is 0. The lowest BCUT2D eigenvalue weighted by Gasteiger charge is -2.32. The quantitative estimate of drug-likeness (QED) is 0.637. The van der Waals surface area contributed by atoms with E-state index in [1.54, 1.807) is 0 Å². The van der Waals surface area contributed by atoms with Crippen LogP contribution in [0, 0.1) is 0 Å². The highest BCUT2D eigenvalue weighted by Crippen LogP contribution is 2.18. The molecule has 1 rings (SSSR count). The minimum Gasteiger partial charge on any atom is -0.356 e. The summed E-state index contributed by atoms with van der Waals surface area (Å²) >= 11 is 0. The Morgan fingerprint density at radius 3 is 3.00 bits per heavy atom. The molecule has 1 amide bonds. The Balaban J connectivity index is 2.51. The van der Waals surface area contributed by atoms with E-state index < -0.39 is 0 Å².